The number of carbonyl (C=O) groups is 2. The molecule has 2 amide bonds. The van der Waals surface area contributed by atoms with Crippen molar-refractivity contribution in [1.29, 1.82) is 0 Å². The fourth-order valence-corrected chi connectivity index (χ4v) is 3.85. The van der Waals surface area contributed by atoms with Crippen LogP contribution in [-0.4, -0.2) is 78.9 Å². The first kappa shape index (κ1) is 19.4. The number of halogens is 2. The molecule has 1 aromatic rings. The van der Waals surface area contributed by atoms with Crippen LogP contribution in [0.25, 0.3) is 0 Å². The molecule has 2 aliphatic heterocycles. The van der Waals surface area contributed by atoms with E-state index in [1.165, 1.54) is 0 Å². The average molecular weight is 399 g/mol. The molecule has 0 aromatic heterocycles. The number of nitrogens with one attached hydrogen (secondary N) is 1. The third-order valence-corrected chi connectivity index (χ3v) is 5.51. The monoisotopic (exact) mass is 398 g/mol. The molecule has 0 unspecified atom stereocenters. The second-order valence-electron chi connectivity index (χ2n) is 6.79. The summed E-state index contributed by atoms with van der Waals surface area (Å²) in [5.41, 5.74) is 0.454. The lowest BCUT2D eigenvalue weighted by Gasteiger charge is -2.34. The molecule has 8 heteroatoms. The first-order valence-corrected chi connectivity index (χ1v) is 9.75. The van der Waals surface area contributed by atoms with Crippen molar-refractivity contribution in [2.75, 3.05) is 57.7 Å². The maximum absolute atomic E-state index is 12.3. The molecule has 1 N–H and O–H groups in total. The summed E-state index contributed by atoms with van der Waals surface area (Å²) in [5.74, 6) is 0.0867. The minimum Gasteiger partial charge on any atom is -0.342 e. The molecule has 2 fully saturated rings. The van der Waals surface area contributed by atoms with Gasteiger partial charge >= 0.3 is 0 Å². The first-order valence-electron chi connectivity index (χ1n) is 8.99. The van der Waals surface area contributed by atoms with Crippen molar-refractivity contribution in [2.45, 2.75) is 12.8 Å². The highest BCUT2D eigenvalue weighted by atomic mass is 35.5. The molecule has 2 aliphatic rings. The highest BCUT2D eigenvalue weighted by Gasteiger charge is 2.24. The van der Waals surface area contributed by atoms with Gasteiger partial charge in [-0.05, 0) is 25.0 Å². The lowest BCUT2D eigenvalue weighted by Crippen LogP contribution is -2.51. The predicted molar refractivity (Wildman–Crippen MR) is 104 cm³/mol. The summed E-state index contributed by atoms with van der Waals surface area (Å²) in [6.07, 6.45) is 2.23. The number of nitrogens with zero attached hydrogens (tertiary/aromatic N) is 3. The van der Waals surface area contributed by atoms with E-state index < -0.39 is 0 Å². The number of hydrogen-bond acceptors (Lipinski definition) is 4. The van der Waals surface area contributed by atoms with Crippen LogP contribution in [0, 0.1) is 0 Å². The Morgan fingerprint density at radius 1 is 0.885 bits per heavy atom. The lowest BCUT2D eigenvalue weighted by molar-refractivity contribution is -0.132. The quantitative estimate of drug-likeness (QED) is 0.825. The number of hydrogen-bond donors (Lipinski definition) is 1. The summed E-state index contributed by atoms with van der Waals surface area (Å²) in [6.45, 7) is 5.66. The SMILES string of the molecule is O=C(CN1CCN(CC(=O)N2CCCC2)CC1)Nc1c(Cl)cccc1Cl. The van der Waals surface area contributed by atoms with E-state index in [9.17, 15) is 9.59 Å². The summed E-state index contributed by atoms with van der Waals surface area (Å²) in [7, 11) is 0. The van der Waals surface area contributed by atoms with Gasteiger partial charge in [0.1, 0.15) is 0 Å². The van der Waals surface area contributed by atoms with Gasteiger partial charge < -0.3 is 10.2 Å². The molecule has 0 radical (unpaired) electrons. The van der Waals surface area contributed by atoms with Gasteiger partial charge in [0, 0.05) is 39.3 Å². The predicted octanol–water partition coefficient (Wildman–Crippen LogP) is 2.17. The Kier molecular flexibility index (Phi) is 6.75. The topological polar surface area (TPSA) is 55.9 Å². The zero-order valence-corrected chi connectivity index (χ0v) is 16.2. The van der Waals surface area contributed by atoms with Crippen LogP contribution in [0.15, 0.2) is 18.2 Å². The molecule has 1 aromatic carbocycles. The normalized spacial score (nSPS) is 18.9. The molecule has 0 aliphatic carbocycles. The summed E-state index contributed by atoms with van der Waals surface area (Å²) < 4.78 is 0. The van der Waals surface area contributed by atoms with E-state index in [-0.39, 0.29) is 18.4 Å². The molecule has 2 saturated heterocycles. The molecule has 3 rings (SSSR count). The third kappa shape index (κ3) is 5.10. The zero-order chi connectivity index (χ0) is 18.5. The number of piperazine rings is 1. The molecule has 2 heterocycles. The van der Waals surface area contributed by atoms with Crippen molar-refractivity contribution in [2.24, 2.45) is 0 Å². The van der Waals surface area contributed by atoms with E-state index in [0.29, 0.717) is 22.3 Å². The Labute approximate surface area is 164 Å². The number of rotatable bonds is 5. The number of likely N-dealkylation sites (tertiary alicyclic amines) is 1. The fourth-order valence-electron chi connectivity index (χ4n) is 3.36. The first-order chi connectivity index (χ1) is 12.5. The van der Waals surface area contributed by atoms with E-state index >= 15 is 0 Å². The van der Waals surface area contributed by atoms with Gasteiger partial charge in [0.15, 0.2) is 0 Å². The summed E-state index contributed by atoms with van der Waals surface area (Å²) >= 11 is 12.2. The van der Waals surface area contributed by atoms with Gasteiger partial charge in [0.2, 0.25) is 11.8 Å². The number of benzene rings is 1. The van der Waals surface area contributed by atoms with E-state index in [0.717, 1.165) is 52.1 Å². The Bertz CT molecular complexity index is 636. The fraction of sp³-hybridized carbons (Fsp3) is 0.556. The minimum atomic E-state index is -0.137. The Hall–Kier alpha value is -1.34. The summed E-state index contributed by atoms with van der Waals surface area (Å²) in [5, 5.41) is 3.64. The average Bonchev–Trinajstić information content (AvgIpc) is 3.15. The molecule has 26 heavy (non-hydrogen) atoms. The van der Waals surface area contributed by atoms with Crippen LogP contribution in [0.5, 0.6) is 0 Å². The van der Waals surface area contributed by atoms with Crippen molar-refractivity contribution in [3.63, 3.8) is 0 Å². The van der Waals surface area contributed by atoms with Crippen LogP contribution in [0.1, 0.15) is 12.8 Å². The van der Waals surface area contributed by atoms with Gasteiger partial charge in [-0.3, -0.25) is 19.4 Å². The smallest absolute Gasteiger partial charge is 0.238 e. The highest BCUT2D eigenvalue weighted by Crippen LogP contribution is 2.29. The second-order valence-corrected chi connectivity index (χ2v) is 7.60. The van der Waals surface area contributed by atoms with Crippen molar-refractivity contribution in [3.8, 4) is 0 Å². The maximum atomic E-state index is 12.3. The van der Waals surface area contributed by atoms with E-state index in [1.54, 1.807) is 18.2 Å². The molecule has 6 nitrogen and oxygen atoms in total. The largest absolute Gasteiger partial charge is 0.342 e. The van der Waals surface area contributed by atoms with Gasteiger partial charge in [-0.1, -0.05) is 29.3 Å². The van der Waals surface area contributed by atoms with Crippen LogP contribution in [0.3, 0.4) is 0 Å². The van der Waals surface area contributed by atoms with E-state index in [4.69, 9.17) is 23.2 Å². The van der Waals surface area contributed by atoms with Gasteiger partial charge in [-0.2, -0.15) is 0 Å². The number of para-hydroxylation sites is 1. The number of anilines is 1. The van der Waals surface area contributed by atoms with Crippen molar-refractivity contribution >= 4 is 40.7 Å². The van der Waals surface area contributed by atoms with Crippen LogP contribution in [0.4, 0.5) is 5.69 Å². The van der Waals surface area contributed by atoms with Crippen molar-refractivity contribution < 1.29 is 9.59 Å². The zero-order valence-electron chi connectivity index (χ0n) is 14.7. The van der Waals surface area contributed by atoms with E-state index in [1.807, 2.05) is 4.90 Å². The van der Waals surface area contributed by atoms with Crippen molar-refractivity contribution in [3.05, 3.63) is 28.2 Å². The van der Waals surface area contributed by atoms with Crippen molar-refractivity contribution in [1.82, 2.24) is 14.7 Å². The molecule has 0 bridgehead atoms. The molecule has 0 spiro atoms. The minimum absolute atomic E-state index is 0.137. The maximum Gasteiger partial charge on any atom is 0.238 e. The molecular weight excluding hydrogens is 375 g/mol. The Morgan fingerprint density at radius 3 is 2.00 bits per heavy atom. The van der Waals surface area contributed by atoms with Gasteiger partial charge in [-0.25, -0.2) is 0 Å². The summed E-state index contributed by atoms with van der Waals surface area (Å²) in [4.78, 5) is 30.7. The van der Waals surface area contributed by atoms with Gasteiger partial charge in [0.05, 0.1) is 28.8 Å². The van der Waals surface area contributed by atoms with Crippen LogP contribution in [-0.2, 0) is 9.59 Å². The molecular formula is C18H24Cl2N4O2. The third-order valence-electron chi connectivity index (χ3n) is 4.88. The van der Waals surface area contributed by atoms with Crippen LogP contribution < -0.4 is 5.32 Å². The standard InChI is InChI=1S/C18H24Cl2N4O2/c19-14-4-3-5-15(20)18(14)21-16(25)12-22-8-10-23(11-9-22)13-17(26)24-6-1-2-7-24/h3-5H,1-2,6-13H2,(H,21,25). The van der Waals surface area contributed by atoms with Crippen LogP contribution in [0.2, 0.25) is 10.0 Å². The molecule has 0 atom stereocenters. The van der Waals surface area contributed by atoms with Gasteiger partial charge in [0.25, 0.3) is 0 Å². The van der Waals surface area contributed by atoms with Gasteiger partial charge in [-0.15, -0.1) is 0 Å². The molecule has 142 valence electrons. The second kappa shape index (κ2) is 9.04. The number of carbonyl (C=O) groups excluding carboxylic acids is 2. The Morgan fingerprint density at radius 2 is 1.42 bits per heavy atom. The highest BCUT2D eigenvalue weighted by molar-refractivity contribution is 6.39. The Balaban J connectivity index is 1.42. The van der Waals surface area contributed by atoms with Crippen LogP contribution >= 0.6 is 23.2 Å². The number of amides is 2. The van der Waals surface area contributed by atoms with E-state index in [2.05, 4.69) is 15.1 Å². The molecule has 0 saturated carbocycles. The lowest BCUT2D eigenvalue weighted by atomic mass is 10.3. The summed E-state index contributed by atoms with van der Waals surface area (Å²) in [6, 6.07) is 5.13.